The lowest BCUT2D eigenvalue weighted by molar-refractivity contribution is -0.162. The van der Waals surface area contributed by atoms with Gasteiger partial charge in [-0.15, -0.1) is 0 Å². The normalized spacial score (nSPS) is 15.1. The zero-order valence-corrected chi connectivity index (χ0v) is 55.9. The highest BCUT2D eigenvalue weighted by molar-refractivity contribution is 5.91. The Morgan fingerprint density at radius 2 is 0.862 bits per heavy atom. The quantitative estimate of drug-likeness (QED) is 0.0123. The third-order valence-corrected chi connectivity index (χ3v) is 12.8. The first kappa shape index (κ1) is 91.5. The van der Waals surface area contributed by atoms with Crippen LogP contribution in [0.1, 0.15) is 145 Å². The summed E-state index contributed by atoms with van der Waals surface area (Å²) in [5.74, 6) is -5.11. The third kappa shape index (κ3) is 48.1. The SMILES string of the molecule is C=CC(=O)OC[C@@H](O)[C@H](O)[C@H](O)[C@@H](O)COC(=O)C=C.CC(C)(C)OC(=O)NCCCCC(NC(=O)OC(C)(C)C)C(=O)NC(CCCCN)C(N)=O.CCCC(=O)OC[C@@H](O)[C@H](O)[C@H](O)[C@@H](O)COC(=O)CCN(C)CCCCC(NC(=O)C(N)CCCCN)C(N)=O. The molecule has 0 aromatic carbocycles. The molecule has 0 saturated carbocycles. The van der Waals surface area contributed by atoms with Gasteiger partial charge in [-0.2, -0.15) is 0 Å². The summed E-state index contributed by atoms with van der Waals surface area (Å²) >= 11 is 0. The molecule has 94 heavy (non-hydrogen) atoms. The Balaban J connectivity index is -0.00000140. The Kier molecular flexibility index (Phi) is 50.2. The van der Waals surface area contributed by atoms with Gasteiger partial charge in [-0.1, -0.05) is 26.5 Å². The Hall–Kier alpha value is -6.70. The number of alkyl carbamates (subject to hydrolysis) is 2. The second kappa shape index (κ2) is 51.6. The third-order valence-electron chi connectivity index (χ3n) is 12.8. The number of carbonyl (C=O) groups excluding carboxylic acids is 10. The molecule has 0 saturated heterocycles. The molecule has 12 atom stereocenters. The maximum Gasteiger partial charge on any atom is 0.408 e. The van der Waals surface area contributed by atoms with E-state index in [2.05, 4.69) is 43.9 Å². The van der Waals surface area contributed by atoms with Crippen molar-refractivity contribution in [2.24, 2.45) is 28.7 Å². The number of nitrogens with two attached hydrogens (primary N) is 5. The van der Waals surface area contributed by atoms with E-state index in [1.165, 1.54) is 0 Å². The summed E-state index contributed by atoms with van der Waals surface area (Å²) in [5, 5.41) is 88.2. The molecule has 0 rings (SSSR count). The average Bonchev–Trinajstić information content (AvgIpc) is 1.04. The maximum absolute atomic E-state index is 12.8. The number of aliphatic hydroxyl groups is 8. The molecule has 0 radical (unpaired) electrons. The van der Waals surface area contributed by atoms with E-state index >= 15 is 0 Å². The highest BCUT2D eigenvalue weighted by Crippen LogP contribution is 2.13. The molecule has 0 aromatic heterocycles. The molecule has 0 spiro atoms. The highest BCUT2D eigenvalue weighted by atomic mass is 16.6. The highest BCUT2D eigenvalue weighted by Gasteiger charge is 2.34. The largest absolute Gasteiger partial charge is 0.463 e. The zero-order valence-electron chi connectivity index (χ0n) is 55.9. The van der Waals surface area contributed by atoms with Gasteiger partial charge in [-0.25, -0.2) is 19.2 Å². The zero-order chi connectivity index (χ0) is 72.7. The summed E-state index contributed by atoms with van der Waals surface area (Å²) < 4.78 is 29.0. The summed E-state index contributed by atoms with van der Waals surface area (Å²) in [6.07, 6.45) is -6.17. The first-order valence-corrected chi connectivity index (χ1v) is 31.1. The van der Waals surface area contributed by atoms with E-state index in [-0.39, 0.29) is 19.3 Å². The van der Waals surface area contributed by atoms with Crippen LogP contribution in [0.15, 0.2) is 25.3 Å². The molecule has 546 valence electrons. The van der Waals surface area contributed by atoms with Crippen molar-refractivity contribution in [3.05, 3.63) is 25.3 Å². The molecule has 0 bridgehead atoms. The minimum atomic E-state index is -1.84. The molecule has 0 aliphatic carbocycles. The Morgan fingerprint density at radius 1 is 0.489 bits per heavy atom. The number of nitrogens with zero attached hydrogens (tertiary/aromatic N) is 1. The number of amides is 6. The standard InChI is InChI=1S/C26H51N5O10.C22H43N5O6.C12H18O8/c1-3-8-21(34)40-15-19(32)23(36)24(37)20(33)16-41-22(35)11-14-31(2)13-7-5-10-18(25(29)38)30-26(39)17(28)9-4-6-12-27;1-21(2,3)32-19(30)25-14-10-8-12-16(27-20(31)33-22(4,5)6)18(29)26-15(17(24)28)11-7-9-13-23;1-3-9(15)19-5-7(13)11(17)12(18)8(14)6-20-10(16)4-2/h17-20,23-24,32-33,36-37H,3-16,27-28H2,1-2H3,(H2,29,38)(H,30,39);15-16H,7-14,23H2,1-6H3,(H2,24,28)(H,25,30)(H,26,29)(H,27,31);3-4,7-8,11-14,17-18H,1-2,5-6H2/t17?,18?,19-,20+,23+,24-;;7-,8+,11+,12-/m1../s1. The topological polar surface area (TPSA) is 569 Å². The first-order valence-electron chi connectivity index (χ1n) is 31.1. The van der Waals surface area contributed by atoms with E-state index in [0.29, 0.717) is 103 Å². The maximum atomic E-state index is 12.8. The van der Waals surface area contributed by atoms with Gasteiger partial charge >= 0.3 is 36.1 Å². The van der Waals surface area contributed by atoms with E-state index < -0.39 is 170 Å². The van der Waals surface area contributed by atoms with Crippen LogP contribution in [0.5, 0.6) is 0 Å². The molecule has 4 unspecified atom stereocenters. The molecule has 34 heteroatoms. The van der Waals surface area contributed by atoms with E-state index in [1.54, 1.807) is 55.5 Å². The predicted molar refractivity (Wildman–Crippen MR) is 340 cm³/mol. The number of primary amides is 2. The van der Waals surface area contributed by atoms with Crippen molar-refractivity contribution in [1.29, 1.82) is 0 Å². The number of ether oxygens (including phenoxy) is 6. The number of hydrogen-bond acceptors (Lipinski definition) is 28. The lowest BCUT2D eigenvalue weighted by Gasteiger charge is -2.26. The first-order chi connectivity index (χ1) is 43.8. The fraction of sp³-hybridized carbons (Fsp3) is 0.767. The van der Waals surface area contributed by atoms with Gasteiger partial charge < -0.3 is 124 Å². The van der Waals surface area contributed by atoms with Crippen molar-refractivity contribution in [3.8, 4) is 0 Å². The average molecular weight is 1360 g/mol. The van der Waals surface area contributed by atoms with Crippen LogP contribution in [-0.2, 0) is 66.8 Å². The number of aliphatic hydroxyl groups excluding tert-OH is 8. The molecule has 34 nitrogen and oxygen atoms in total. The second-order valence-electron chi connectivity index (χ2n) is 23.8. The number of carbonyl (C=O) groups is 10. The van der Waals surface area contributed by atoms with Gasteiger partial charge in [-0.3, -0.25) is 28.8 Å². The van der Waals surface area contributed by atoms with Gasteiger partial charge in [-0.05, 0) is 145 Å². The van der Waals surface area contributed by atoms with E-state index in [1.807, 2.05) is 4.90 Å². The fourth-order valence-corrected chi connectivity index (χ4v) is 7.54. The lowest BCUT2D eigenvalue weighted by Crippen LogP contribution is -2.53. The van der Waals surface area contributed by atoms with Crippen LogP contribution in [0.4, 0.5) is 9.59 Å². The number of esters is 4. The molecule has 0 aromatic rings. The van der Waals surface area contributed by atoms with Crippen LogP contribution >= 0.6 is 0 Å². The van der Waals surface area contributed by atoms with Crippen LogP contribution in [0.2, 0.25) is 0 Å². The van der Waals surface area contributed by atoms with Gasteiger partial charge in [0.1, 0.15) is 105 Å². The van der Waals surface area contributed by atoms with Gasteiger partial charge in [0, 0.05) is 31.7 Å². The van der Waals surface area contributed by atoms with Crippen LogP contribution in [0.3, 0.4) is 0 Å². The molecule has 22 N–H and O–H groups in total. The van der Waals surface area contributed by atoms with Gasteiger partial charge in [0.05, 0.1) is 12.5 Å². The number of unbranched alkanes of at least 4 members (excludes halogenated alkanes) is 4. The monoisotopic (exact) mass is 1360 g/mol. The molecule has 6 amide bonds. The minimum Gasteiger partial charge on any atom is -0.463 e. The van der Waals surface area contributed by atoms with E-state index in [0.717, 1.165) is 18.6 Å². The summed E-state index contributed by atoms with van der Waals surface area (Å²) in [6.45, 7) is 18.4. The van der Waals surface area contributed by atoms with Crippen LogP contribution in [0.25, 0.3) is 0 Å². The molecule has 0 aliphatic rings. The molecular weight excluding hydrogens is 1240 g/mol. The molecular formula is C60H112N10O24. The fourth-order valence-electron chi connectivity index (χ4n) is 7.54. The lowest BCUT2D eigenvalue weighted by atomic mass is 10.0. The van der Waals surface area contributed by atoms with Gasteiger partial charge in [0.15, 0.2) is 0 Å². The van der Waals surface area contributed by atoms with Gasteiger partial charge in [0.25, 0.3) is 0 Å². The van der Waals surface area contributed by atoms with Crippen molar-refractivity contribution in [2.75, 3.05) is 66.2 Å². The summed E-state index contributed by atoms with van der Waals surface area (Å²) in [4.78, 5) is 119. The van der Waals surface area contributed by atoms with E-state index in [4.69, 9.17) is 47.6 Å². The van der Waals surface area contributed by atoms with Crippen LogP contribution < -0.4 is 49.9 Å². The molecule has 0 aliphatic heterocycles. The van der Waals surface area contributed by atoms with Crippen LogP contribution in [-0.4, -0.2) is 256 Å². The molecule has 0 heterocycles. The van der Waals surface area contributed by atoms with Crippen molar-refractivity contribution in [1.82, 2.24) is 26.2 Å². The predicted octanol–water partition coefficient (Wildman–Crippen LogP) is -3.20. The smallest absolute Gasteiger partial charge is 0.408 e. The van der Waals surface area contributed by atoms with Crippen molar-refractivity contribution in [3.63, 3.8) is 0 Å². The van der Waals surface area contributed by atoms with E-state index in [9.17, 15) is 88.8 Å². The van der Waals surface area contributed by atoms with Crippen molar-refractivity contribution >= 4 is 59.7 Å². The molecule has 0 fully saturated rings. The Labute approximate surface area is 550 Å². The summed E-state index contributed by atoms with van der Waals surface area (Å²) in [5.41, 5.74) is 26.3. The minimum absolute atomic E-state index is 0.0140. The summed E-state index contributed by atoms with van der Waals surface area (Å²) in [7, 11) is 1.78. The van der Waals surface area contributed by atoms with Gasteiger partial charge in [0.2, 0.25) is 23.6 Å². The second-order valence-corrected chi connectivity index (χ2v) is 23.8. The number of rotatable bonds is 46. The summed E-state index contributed by atoms with van der Waals surface area (Å²) in [6, 6.07) is -3.36. The number of nitrogens with one attached hydrogen (secondary N) is 4. The Bertz CT molecular complexity index is 2210. The number of hydrogen-bond donors (Lipinski definition) is 17. The van der Waals surface area contributed by atoms with Crippen LogP contribution in [0, 0.1) is 0 Å². The van der Waals surface area contributed by atoms with Crippen molar-refractivity contribution in [2.45, 2.75) is 229 Å². The Morgan fingerprint density at radius 3 is 1.27 bits per heavy atom. The van der Waals surface area contributed by atoms with Crippen molar-refractivity contribution < 1.29 is 117 Å².